The summed E-state index contributed by atoms with van der Waals surface area (Å²) in [7, 11) is 0. The molecule has 1 aromatic rings. The average molecular weight is 275 g/mol. The van der Waals surface area contributed by atoms with Crippen molar-refractivity contribution in [2.45, 2.75) is 50.5 Å². The van der Waals surface area contributed by atoms with Crippen molar-refractivity contribution in [2.24, 2.45) is 5.41 Å². The van der Waals surface area contributed by atoms with Gasteiger partial charge in [-0.2, -0.15) is 0 Å². The van der Waals surface area contributed by atoms with Gasteiger partial charge in [0.15, 0.2) is 0 Å². The first-order valence-electron chi connectivity index (χ1n) is 7.23. The molecule has 2 heteroatoms. The molecule has 0 saturated heterocycles. The van der Waals surface area contributed by atoms with Crippen LogP contribution in [-0.2, 0) is 0 Å². The van der Waals surface area contributed by atoms with Crippen molar-refractivity contribution in [1.29, 1.82) is 0 Å². The fourth-order valence-electron chi connectivity index (χ4n) is 2.81. The van der Waals surface area contributed by atoms with Crippen molar-refractivity contribution >= 4 is 17.4 Å². The predicted octanol–water partition coefficient (Wildman–Crippen LogP) is 5.35. The molecule has 0 aliphatic heterocycles. The number of nitrogens with one attached hydrogen (secondary N) is 1. The van der Waals surface area contributed by atoms with Gasteiger partial charge in [0.05, 0.1) is 0 Å². The molecule has 104 valence electrons. The fraction of sp³-hybridized carbons (Fsp3) is 0.529. The third-order valence-electron chi connectivity index (χ3n) is 4.08. The van der Waals surface area contributed by atoms with E-state index in [-0.39, 0.29) is 0 Å². The lowest BCUT2D eigenvalue weighted by atomic mass is 9.73. The van der Waals surface area contributed by atoms with Crippen LogP contribution in [0.15, 0.2) is 41.8 Å². The summed E-state index contributed by atoms with van der Waals surface area (Å²) in [4.78, 5) is 1.34. The lowest BCUT2D eigenvalue weighted by Gasteiger charge is -2.40. The monoisotopic (exact) mass is 275 g/mol. The molecule has 1 N–H and O–H groups in total. The zero-order valence-electron chi connectivity index (χ0n) is 12.1. The molecule has 1 atom stereocenters. The Morgan fingerprint density at radius 1 is 1.37 bits per heavy atom. The Morgan fingerprint density at radius 3 is 2.89 bits per heavy atom. The van der Waals surface area contributed by atoms with Gasteiger partial charge in [0, 0.05) is 22.4 Å². The molecule has 1 unspecified atom stereocenters. The molecule has 0 aromatic heterocycles. The molecule has 2 rings (SSSR count). The summed E-state index contributed by atoms with van der Waals surface area (Å²) in [6.45, 7) is 8.59. The van der Waals surface area contributed by atoms with Crippen LogP contribution in [-0.4, -0.2) is 11.8 Å². The van der Waals surface area contributed by atoms with Crippen molar-refractivity contribution in [3.63, 3.8) is 0 Å². The molecule has 0 bridgehead atoms. The second kappa shape index (κ2) is 6.51. The SMILES string of the molecule is C=CCSc1ccccc1NC1CCCCC1(C)C. The van der Waals surface area contributed by atoms with Gasteiger partial charge in [-0.25, -0.2) is 0 Å². The number of anilines is 1. The summed E-state index contributed by atoms with van der Waals surface area (Å²) < 4.78 is 0. The van der Waals surface area contributed by atoms with Crippen LogP contribution in [0.25, 0.3) is 0 Å². The highest BCUT2D eigenvalue weighted by Crippen LogP contribution is 2.38. The minimum Gasteiger partial charge on any atom is -0.381 e. The standard InChI is InChI=1S/C17H25NS/c1-4-13-19-15-10-6-5-9-14(15)18-16-11-7-8-12-17(16,2)3/h4-6,9-10,16,18H,1,7-8,11-13H2,2-3H3. The van der Waals surface area contributed by atoms with Gasteiger partial charge < -0.3 is 5.32 Å². The van der Waals surface area contributed by atoms with E-state index in [9.17, 15) is 0 Å². The largest absolute Gasteiger partial charge is 0.381 e. The van der Waals surface area contributed by atoms with Crippen LogP contribution < -0.4 is 5.32 Å². The molecule has 1 aromatic carbocycles. The quantitative estimate of drug-likeness (QED) is 0.574. The zero-order chi connectivity index (χ0) is 13.7. The van der Waals surface area contributed by atoms with E-state index in [4.69, 9.17) is 0 Å². The van der Waals surface area contributed by atoms with Crippen LogP contribution in [0.1, 0.15) is 39.5 Å². The van der Waals surface area contributed by atoms with Crippen LogP contribution in [0.2, 0.25) is 0 Å². The van der Waals surface area contributed by atoms with Crippen molar-refractivity contribution in [2.75, 3.05) is 11.1 Å². The summed E-state index contributed by atoms with van der Waals surface area (Å²) in [5, 5.41) is 3.79. The molecule has 0 radical (unpaired) electrons. The van der Waals surface area contributed by atoms with Crippen LogP contribution in [0, 0.1) is 5.41 Å². The minimum absolute atomic E-state index is 0.397. The van der Waals surface area contributed by atoms with Crippen molar-refractivity contribution in [3.05, 3.63) is 36.9 Å². The maximum Gasteiger partial charge on any atom is 0.0480 e. The van der Waals surface area contributed by atoms with E-state index in [1.54, 1.807) is 0 Å². The summed E-state index contributed by atoms with van der Waals surface area (Å²) in [6.07, 6.45) is 7.30. The van der Waals surface area contributed by atoms with Crippen molar-refractivity contribution < 1.29 is 0 Å². The average Bonchev–Trinajstić information content (AvgIpc) is 2.40. The normalized spacial score (nSPS) is 21.9. The molecule has 1 aliphatic carbocycles. The first-order chi connectivity index (χ1) is 9.13. The van der Waals surface area contributed by atoms with Gasteiger partial charge in [-0.3, -0.25) is 0 Å². The number of para-hydroxylation sites is 1. The lowest BCUT2D eigenvalue weighted by molar-refractivity contribution is 0.217. The highest BCUT2D eigenvalue weighted by atomic mass is 32.2. The Labute approximate surface area is 121 Å². The number of hydrogen-bond donors (Lipinski definition) is 1. The van der Waals surface area contributed by atoms with Crippen LogP contribution in [0.5, 0.6) is 0 Å². The zero-order valence-corrected chi connectivity index (χ0v) is 12.9. The highest BCUT2D eigenvalue weighted by molar-refractivity contribution is 7.99. The Kier molecular flexibility index (Phi) is 4.98. The second-order valence-corrected chi connectivity index (χ2v) is 7.09. The van der Waals surface area contributed by atoms with Crippen LogP contribution >= 0.6 is 11.8 Å². The molecule has 1 saturated carbocycles. The van der Waals surface area contributed by atoms with Gasteiger partial charge in [-0.05, 0) is 30.4 Å². The van der Waals surface area contributed by atoms with E-state index < -0.39 is 0 Å². The smallest absolute Gasteiger partial charge is 0.0480 e. The van der Waals surface area contributed by atoms with Crippen LogP contribution in [0.3, 0.4) is 0 Å². The third kappa shape index (κ3) is 3.79. The van der Waals surface area contributed by atoms with E-state index in [1.165, 1.54) is 36.3 Å². The molecule has 19 heavy (non-hydrogen) atoms. The maximum atomic E-state index is 3.80. The van der Waals surface area contributed by atoms with Gasteiger partial charge in [-0.15, -0.1) is 18.3 Å². The lowest BCUT2D eigenvalue weighted by Crippen LogP contribution is -2.39. The highest BCUT2D eigenvalue weighted by Gasteiger charge is 2.32. The molecule has 0 amide bonds. The predicted molar refractivity (Wildman–Crippen MR) is 87.0 cm³/mol. The van der Waals surface area contributed by atoms with Gasteiger partial charge in [0.25, 0.3) is 0 Å². The molecular formula is C17H25NS. The molecule has 1 fully saturated rings. The molecular weight excluding hydrogens is 250 g/mol. The Balaban J connectivity index is 2.11. The first kappa shape index (κ1) is 14.5. The van der Waals surface area contributed by atoms with E-state index in [2.05, 4.69) is 50.0 Å². The van der Waals surface area contributed by atoms with E-state index in [0.717, 1.165) is 5.75 Å². The summed E-state index contributed by atoms with van der Waals surface area (Å²) in [6, 6.07) is 9.23. The Bertz CT molecular complexity index is 425. The molecule has 0 spiro atoms. The number of thioether (sulfide) groups is 1. The van der Waals surface area contributed by atoms with E-state index >= 15 is 0 Å². The summed E-state index contributed by atoms with van der Waals surface area (Å²) in [5.41, 5.74) is 1.68. The summed E-state index contributed by atoms with van der Waals surface area (Å²) in [5.74, 6) is 0.965. The maximum absolute atomic E-state index is 3.80. The molecule has 1 aliphatic rings. The molecule has 0 heterocycles. The third-order valence-corrected chi connectivity index (χ3v) is 5.15. The Morgan fingerprint density at radius 2 is 2.16 bits per heavy atom. The van der Waals surface area contributed by atoms with Gasteiger partial charge >= 0.3 is 0 Å². The van der Waals surface area contributed by atoms with Gasteiger partial charge in [0.2, 0.25) is 0 Å². The summed E-state index contributed by atoms with van der Waals surface area (Å²) >= 11 is 1.86. The first-order valence-corrected chi connectivity index (χ1v) is 8.21. The second-order valence-electron chi connectivity index (χ2n) is 6.03. The number of hydrogen-bond acceptors (Lipinski definition) is 2. The number of rotatable bonds is 5. The number of benzene rings is 1. The van der Waals surface area contributed by atoms with Crippen molar-refractivity contribution in [3.8, 4) is 0 Å². The topological polar surface area (TPSA) is 12.0 Å². The van der Waals surface area contributed by atoms with Gasteiger partial charge in [0.1, 0.15) is 0 Å². The van der Waals surface area contributed by atoms with E-state index in [1.807, 2.05) is 17.8 Å². The van der Waals surface area contributed by atoms with E-state index in [0.29, 0.717) is 11.5 Å². The van der Waals surface area contributed by atoms with Gasteiger partial charge in [-0.1, -0.05) is 44.9 Å². The Hall–Kier alpha value is -0.890. The minimum atomic E-state index is 0.397. The van der Waals surface area contributed by atoms with Crippen LogP contribution in [0.4, 0.5) is 5.69 Å². The fourth-order valence-corrected chi connectivity index (χ4v) is 3.56. The van der Waals surface area contributed by atoms with Crippen molar-refractivity contribution in [1.82, 2.24) is 0 Å². The molecule has 1 nitrogen and oxygen atoms in total.